The van der Waals surface area contributed by atoms with Crippen LogP contribution in [-0.4, -0.2) is 37.2 Å². The molecule has 0 aliphatic carbocycles. The van der Waals surface area contributed by atoms with Crippen LogP contribution >= 0.6 is 0 Å². The van der Waals surface area contributed by atoms with Gasteiger partial charge in [-0.1, -0.05) is 19.1 Å². The van der Waals surface area contributed by atoms with E-state index in [0.29, 0.717) is 6.04 Å². The first-order chi connectivity index (χ1) is 10.2. The summed E-state index contributed by atoms with van der Waals surface area (Å²) in [5.41, 5.74) is 1.30. The van der Waals surface area contributed by atoms with Crippen molar-refractivity contribution in [1.82, 2.24) is 10.2 Å². The van der Waals surface area contributed by atoms with Crippen LogP contribution in [-0.2, 0) is 6.54 Å². The van der Waals surface area contributed by atoms with Crippen LogP contribution < -0.4 is 10.1 Å². The Labute approximate surface area is 129 Å². The van der Waals surface area contributed by atoms with Gasteiger partial charge in [-0.2, -0.15) is 0 Å². The molecule has 3 heteroatoms. The van der Waals surface area contributed by atoms with Crippen molar-refractivity contribution in [3.8, 4) is 5.75 Å². The summed E-state index contributed by atoms with van der Waals surface area (Å²) in [7, 11) is 0. The maximum atomic E-state index is 5.56. The lowest BCUT2D eigenvalue weighted by atomic mass is 9.90. The predicted molar refractivity (Wildman–Crippen MR) is 88.8 cm³/mol. The molecule has 1 heterocycles. The highest BCUT2D eigenvalue weighted by Gasteiger charge is 2.22. The summed E-state index contributed by atoms with van der Waals surface area (Å²) < 4.78 is 5.56. The fourth-order valence-electron chi connectivity index (χ4n) is 3.13. The zero-order valence-corrected chi connectivity index (χ0v) is 13.8. The third kappa shape index (κ3) is 5.01. The smallest absolute Gasteiger partial charge is 0.119 e. The standard InChI is InChI=1S/C18H30N2O/c1-4-20-11-9-17(10-12-20)15(3)19-14-16-7-6-8-18(13-16)21-5-2/h6-8,13,15,17,19H,4-5,9-12,14H2,1-3H3. The largest absolute Gasteiger partial charge is 0.494 e. The normalized spacial score (nSPS) is 18.6. The van der Waals surface area contributed by atoms with E-state index < -0.39 is 0 Å². The Morgan fingerprint density at radius 2 is 2.05 bits per heavy atom. The third-order valence-electron chi connectivity index (χ3n) is 4.62. The van der Waals surface area contributed by atoms with Gasteiger partial charge in [-0.15, -0.1) is 0 Å². The Kier molecular flexibility index (Phi) is 6.52. The van der Waals surface area contributed by atoms with E-state index in [-0.39, 0.29) is 0 Å². The SMILES string of the molecule is CCOc1cccc(CNC(C)C2CCN(CC)CC2)c1. The maximum Gasteiger partial charge on any atom is 0.119 e. The second-order valence-corrected chi connectivity index (χ2v) is 6.02. The Morgan fingerprint density at radius 3 is 2.71 bits per heavy atom. The van der Waals surface area contributed by atoms with Gasteiger partial charge in [0.1, 0.15) is 5.75 Å². The molecule has 118 valence electrons. The van der Waals surface area contributed by atoms with Crippen molar-refractivity contribution in [2.24, 2.45) is 5.92 Å². The van der Waals surface area contributed by atoms with Crippen LogP contribution in [0, 0.1) is 5.92 Å². The van der Waals surface area contributed by atoms with E-state index in [2.05, 4.69) is 42.3 Å². The number of hydrogen-bond donors (Lipinski definition) is 1. The van der Waals surface area contributed by atoms with Crippen molar-refractivity contribution in [2.75, 3.05) is 26.2 Å². The van der Waals surface area contributed by atoms with Crippen LogP contribution in [0.5, 0.6) is 5.75 Å². The van der Waals surface area contributed by atoms with Gasteiger partial charge in [-0.25, -0.2) is 0 Å². The van der Waals surface area contributed by atoms with Gasteiger partial charge in [-0.3, -0.25) is 0 Å². The highest BCUT2D eigenvalue weighted by Crippen LogP contribution is 2.21. The Bertz CT molecular complexity index is 413. The maximum absolute atomic E-state index is 5.56. The van der Waals surface area contributed by atoms with E-state index in [1.54, 1.807) is 0 Å². The molecule has 0 aromatic heterocycles. The summed E-state index contributed by atoms with van der Waals surface area (Å²) in [4.78, 5) is 2.55. The van der Waals surface area contributed by atoms with Crippen molar-refractivity contribution >= 4 is 0 Å². The number of piperidine rings is 1. The third-order valence-corrected chi connectivity index (χ3v) is 4.62. The lowest BCUT2D eigenvalue weighted by Crippen LogP contribution is -2.41. The molecule has 0 saturated carbocycles. The Morgan fingerprint density at radius 1 is 1.29 bits per heavy atom. The van der Waals surface area contributed by atoms with Gasteiger partial charge in [0.2, 0.25) is 0 Å². The van der Waals surface area contributed by atoms with E-state index in [0.717, 1.165) is 24.8 Å². The van der Waals surface area contributed by atoms with Gasteiger partial charge in [0.15, 0.2) is 0 Å². The monoisotopic (exact) mass is 290 g/mol. The Hall–Kier alpha value is -1.06. The molecule has 3 nitrogen and oxygen atoms in total. The lowest BCUT2D eigenvalue weighted by Gasteiger charge is -2.34. The van der Waals surface area contributed by atoms with Gasteiger partial charge in [0, 0.05) is 12.6 Å². The van der Waals surface area contributed by atoms with E-state index in [4.69, 9.17) is 4.74 Å². The van der Waals surface area contributed by atoms with E-state index in [1.165, 1.54) is 38.0 Å². The van der Waals surface area contributed by atoms with Crippen molar-refractivity contribution < 1.29 is 4.74 Å². The second-order valence-electron chi connectivity index (χ2n) is 6.02. The highest BCUT2D eigenvalue weighted by molar-refractivity contribution is 5.28. The summed E-state index contributed by atoms with van der Waals surface area (Å²) in [6.07, 6.45) is 2.64. The molecule has 1 fully saturated rings. The molecular formula is C18H30N2O. The molecule has 1 atom stereocenters. The summed E-state index contributed by atoms with van der Waals surface area (Å²) in [6.45, 7) is 12.0. The number of rotatable bonds is 7. The zero-order valence-electron chi connectivity index (χ0n) is 13.8. The van der Waals surface area contributed by atoms with Gasteiger partial charge in [-0.05, 0) is 69.9 Å². The van der Waals surface area contributed by atoms with Crippen molar-refractivity contribution in [3.05, 3.63) is 29.8 Å². The van der Waals surface area contributed by atoms with Crippen LogP contribution in [0.2, 0.25) is 0 Å². The lowest BCUT2D eigenvalue weighted by molar-refractivity contribution is 0.168. The first-order valence-electron chi connectivity index (χ1n) is 8.40. The molecule has 1 unspecified atom stereocenters. The number of nitrogens with zero attached hydrogens (tertiary/aromatic N) is 1. The van der Waals surface area contributed by atoms with Gasteiger partial charge in [0.25, 0.3) is 0 Å². The molecule has 1 saturated heterocycles. The molecule has 0 bridgehead atoms. The van der Waals surface area contributed by atoms with Crippen LogP contribution in [0.15, 0.2) is 24.3 Å². The number of nitrogens with one attached hydrogen (secondary N) is 1. The van der Waals surface area contributed by atoms with Crippen LogP contribution in [0.25, 0.3) is 0 Å². The molecule has 1 aromatic rings. The molecule has 21 heavy (non-hydrogen) atoms. The van der Waals surface area contributed by atoms with Crippen molar-refractivity contribution in [1.29, 1.82) is 0 Å². The molecular weight excluding hydrogens is 260 g/mol. The minimum absolute atomic E-state index is 0.583. The topological polar surface area (TPSA) is 24.5 Å². The number of benzene rings is 1. The summed E-state index contributed by atoms with van der Waals surface area (Å²) in [5, 5.41) is 3.70. The van der Waals surface area contributed by atoms with Crippen molar-refractivity contribution in [3.63, 3.8) is 0 Å². The van der Waals surface area contributed by atoms with E-state index in [1.807, 2.05) is 13.0 Å². The predicted octanol–water partition coefficient (Wildman–Crippen LogP) is 3.30. The van der Waals surface area contributed by atoms with Crippen LogP contribution in [0.4, 0.5) is 0 Å². The number of hydrogen-bond acceptors (Lipinski definition) is 3. The zero-order chi connectivity index (χ0) is 15.1. The fraction of sp³-hybridized carbons (Fsp3) is 0.667. The molecule has 1 N–H and O–H groups in total. The Balaban J connectivity index is 1.78. The summed E-state index contributed by atoms with van der Waals surface area (Å²) in [6, 6.07) is 8.99. The quantitative estimate of drug-likeness (QED) is 0.834. The first kappa shape index (κ1) is 16.3. The molecule has 0 amide bonds. The van der Waals surface area contributed by atoms with Crippen LogP contribution in [0.3, 0.4) is 0 Å². The second kappa shape index (κ2) is 8.40. The van der Waals surface area contributed by atoms with Gasteiger partial charge < -0.3 is 15.0 Å². The number of likely N-dealkylation sites (tertiary alicyclic amines) is 1. The molecule has 1 aromatic carbocycles. The van der Waals surface area contributed by atoms with E-state index >= 15 is 0 Å². The van der Waals surface area contributed by atoms with Gasteiger partial charge in [0.05, 0.1) is 6.61 Å². The van der Waals surface area contributed by atoms with Gasteiger partial charge >= 0.3 is 0 Å². The fourth-order valence-corrected chi connectivity index (χ4v) is 3.13. The molecule has 1 aliphatic rings. The highest BCUT2D eigenvalue weighted by atomic mass is 16.5. The summed E-state index contributed by atoms with van der Waals surface area (Å²) in [5.74, 6) is 1.78. The van der Waals surface area contributed by atoms with E-state index in [9.17, 15) is 0 Å². The summed E-state index contributed by atoms with van der Waals surface area (Å²) >= 11 is 0. The minimum atomic E-state index is 0.583. The average molecular weight is 290 g/mol. The van der Waals surface area contributed by atoms with Crippen molar-refractivity contribution in [2.45, 2.75) is 46.2 Å². The first-order valence-corrected chi connectivity index (χ1v) is 8.40. The molecule has 1 aliphatic heterocycles. The van der Waals surface area contributed by atoms with Crippen LogP contribution in [0.1, 0.15) is 39.2 Å². The molecule has 0 radical (unpaired) electrons. The number of ether oxygens (including phenoxy) is 1. The molecule has 2 rings (SSSR count). The minimum Gasteiger partial charge on any atom is -0.494 e. The average Bonchev–Trinajstić information content (AvgIpc) is 2.53. The molecule has 0 spiro atoms.